The lowest BCUT2D eigenvalue weighted by atomic mass is 10.1. The molecule has 0 bridgehead atoms. The van der Waals surface area contributed by atoms with Crippen molar-refractivity contribution in [1.82, 2.24) is 10.6 Å². The molecule has 1 amide bonds. The third kappa shape index (κ3) is 4.32. The quantitative estimate of drug-likeness (QED) is 0.896. The Morgan fingerprint density at radius 2 is 2.05 bits per heavy atom. The minimum Gasteiger partial charge on any atom is -0.348 e. The minimum absolute atomic E-state index is 0.0274. The van der Waals surface area contributed by atoms with Gasteiger partial charge in [-0.3, -0.25) is 4.79 Å². The molecule has 104 valence electrons. The molecule has 1 aliphatic rings. The van der Waals surface area contributed by atoms with Crippen LogP contribution in [0.25, 0.3) is 0 Å². The van der Waals surface area contributed by atoms with Crippen molar-refractivity contribution in [1.29, 1.82) is 0 Å². The van der Waals surface area contributed by atoms with Gasteiger partial charge in [-0.15, -0.1) is 0 Å². The van der Waals surface area contributed by atoms with Gasteiger partial charge in [0.05, 0.1) is 12.1 Å². The molecular weight excluding hydrogens is 304 g/mol. The first-order valence-corrected chi connectivity index (χ1v) is 7.75. The Morgan fingerprint density at radius 1 is 1.32 bits per heavy atom. The predicted molar refractivity (Wildman–Crippen MR) is 81.0 cm³/mol. The molecule has 2 rings (SSSR count). The van der Waals surface area contributed by atoms with Crippen LogP contribution in [0.5, 0.6) is 0 Å². The van der Waals surface area contributed by atoms with Gasteiger partial charge in [-0.25, -0.2) is 0 Å². The molecule has 1 aromatic carbocycles. The molecule has 1 aromatic rings. The third-order valence-corrected chi connectivity index (χ3v) is 4.13. The third-order valence-electron chi connectivity index (χ3n) is 3.61. The van der Waals surface area contributed by atoms with Crippen molar-refractivity contribution >= 4 is 21.8 Å². The van der Waals surface area contributed by atoms with E-state index >= 15 is 0 Å². The molecule has 0 saturated carbocycles. The first-order valence-electron chi connectivity index (χ1n) is 6.96. The Balaban J connectivity index is 1.92. The van der Waals surface area contributed by atoms with Crippen LogP contribution >= 0.6 is 15.9 Å². The van der Waals surface area contributed by atoms with Crippen LogP contribution in [0.2, 0.25) is 0 Å². The average Bonchev–Trinajstić information content (AvgIpc) is 2.68. The van der Waals surface area contributed by atoms with Gasteiger partial charge in [0, 0.05) is 4.47 Å². The van der Waals surface area contributed by atoms with Crippen molar-refractivity contribution in [2.24, 2.45) is 0 Å². The standard InChI is InChI=1S/C15H21BrN2O/c1-11(12-6-8-13(16)9-7-12)18-15(19)14-5-3-2-4-10-17-14/h6-9,11,14,17H,2-5,10H2,1H3,(H,18,19)/t11-,14?/m1/s1. The normalized spacial score (nSPS) is 21.5. The maximum Gasteiger partial charge on any atom is 0.237 e. The van der Waals surface area contributed by atoms with Crippen LogP contribution in [0.4, 0.5) is 0 Å². The first kappa shape index (κ1) is 14.5. The number of benzene rings is 1. The summed E-state index contributed by atoms with van der Waals surface area (Å²) in [7, 11) is 0. The van der Waals surface area contributed by atoms with Crippen LogP contribution in [0.1, 0.15) is 44.2 Å². The summed E-state index contributed by atoms with van der Waals surface area (Å²) in [6.07, 6.45) is 4.47. The van der Waals surface area contributed by atoms with Crippen LogP contribution in [-0.2, 0) is 4.79 Å². The van der Waals surface area contributed by atoms with Crippen LogP contribution in [-0.4, -0.2) is 18.5 Å². The van der Waals surface area contributed by atoms with Gasteiger partial charge < -0.3 is 10.6 Å². The summed E-state index contributed by atoms with van der Waals surface area (Å²) >= 11 is 3.42. The van der Waals surface area contributed by atoms with E-state index in [4.69, 9.17) is 0 Å². The molecule has 0 aromatic heterocycles. The molecule has 2 N–H and O–H groups in total. The van der Waals surface area contributed by atoms with E-state index in [1.54, 1.807) is 0 Å². The summed E-state index contributed by atoms with van der Waals surface area (Å²) in [5, 5.41) is 6.42. The van der Waals surface area contributed by atoms with Gasteiger partial charge >= 0.3 is 0 Å². The molecule has 0 spiro atoms. The van der Waals surface area contributed by atoms with E-state index in [1.807, 2.05) is 31.2 Å². The summed E-state index contributed by atoms with van der Waals surface area (Å²) < 4.78 is 1.06. The summed E-state index contributed by atoms with van der Waals surface area (Å²) in [6, 6.07) is 8.10. The fourth-order valence-corrected chi connectivity index (χ4v) is 2.67. The van der Waals surface area contributed by atoms with Crippen LogP contribution in [0.15, 0.2) is 28.7 Å². The van der Waals surface area contributed by atoms with Gasteiger partial charge in [-0.2, -0.15) is 0 Å². The van der Waals surface area contributed by atoms with E-state index in [-0.39, 0.29) is 18.0 Å². The number of hydrogen-bond acceptors (Lipinski definition) is 2. The second-order valence-corrected chi connectivity index (χ2v) is 6.05. The molecule has 0 radical (unpaired) electrons. The largest absolute Gasteiger partial charge is 0.348 e. The molecule has 1 heterocycles. The second kappa shape index (κ2) is 7.06. The highest BCUT2D eigenvalue weighted by atomic mass is 79.9. The Hall–Kier alpha value is -0.870. The number of carbonyl (C=O) groups is 1. The number of halogens is 1. The monoisotopic (exact) mass is 324 g/mol. The minimum atomic E-state index is -0.0274. The highest BCUT2D eigenvalue weighted by molar-refractivity contribution is 9.10. The zero-order chi connectivity index (χ0) is 13.7. The van der Waals surface area contributed by atoms with Crippen molar-refractivity contribution in [2.45, 2.75) is 44.7 Å². The number of carbonyl (C=O) groups excluding carboxylic acids is 1. The average molecular weight is 325 g/mol. The van der Waals surface area contributed by atoms with Gasteiger partial charge in [0.2, 0.25) is 5.91 Å². The summed E-state index contributed by atoms with van der Waals surface area (Å²) in [6.45, 7) is 2.97. The van der Waals surface area contributed by atoms with Crippen molar-refractivity contribution in [3.8, 4) is 0 Å². The lowest BCUT2D eigenvalue weighted by molar-refractivity contribution is -0.123. The van der Waals surface area contributed by atoms with Crippen molar-refractivity contribution < 1.29 is 4.79 Å². The maximum absolute atomic E-state index is 12.2. The van der Waals surface area contributed by atoms with Crippen LogP contribution in [0, 0.1) is 0 Å². The van der Waals surface area contributed by atoms with Crippen molar-refractivity contribution in [3.05, 3.63) is 34.3 Å². The number of nitrogens with one attached hydrogen (secondary N) is 2. The molecule has 2 atom stereocenters. The van der Waals surface area contributed by atoms with Gasteiger partial charge in [0.25, 0.3) is 0 Å². The van der Waals surface area contributed by atoms with E-state index < -0.39 is 0 Å². The Labute approximate surface area is 123 Å². The van der Waals surface area contributed by atoms with Gasteiger partial charge in [-0.05, 0) is 44.0 Å². The highest BCUT2D eigenvalue weighted by Crippen LogP contribution is 2.17. The summed E-state index contributed by atoms with van der Waals surface area (Å²) in [4.78, 5) is 12.2. The van der Waals surface area contributed by atoms with E-state index in [2.05, 4.69) is 26.6 Å². The maximum atomic E-state index is 12.2. The van der Waals surface area contributed by atoms with Crippen molar-refractivity contribution in [2.75, 3.05) is 6.54 Å². The SMILES string of the molecule is C[C@@H](NC(=O)C1CCCCCN1)c1ccc(Br)cc1. The molecule has 19 heavy (non-hydrogen) atoms. The molecule has 3 nitrogen and oxygen atoms in total. The van der Waals surface area contributed by atoms with Crippen LogP contribution in [0.3, 0.4) is 0 Å². The van der Waals surface area contributed by atoms with Gasteiger partial charge in [0.15, 0.2) is 0 Å². The van der Waals surface area contributed by atoms with E-state index in [0.717, 1.165) is 29.4 Å². The lowest BCUT2D eigenvalue weighted by Gasteiger charge is -2.20. The van der Waals surface area contributed by atoms with E-state index in [0.29, 0.717) is 0 Å². The van der Waals surface area contributed by atoms with E-state index in [1.165, 1.54) is 12.8 Å². The zero-order valence-electron chi connectivity index (χ0n) is 11.3. The molecule has 1 saturated heterocycles. The molecule has 1 unspecified atom stereocenters. The van der Waals surface area contributed by atoms with Crippen molar-refractivity contribution in [3.63, 3.8) is 0 Å². The highest BCUT2D eigenvalue weighted by Gasteiger charge is 2.21. The zero-order valence-corrected chi connectivity index (χ0v) is 12.9. The molecule has 0 aliphatic carbocycles. The Bertz CT molecular complexity index is 411. The topological polar surface area (TPSA) is 41.1 Å². The van der Waals surface area contributed by atoms with Gasteiger partial charge in [0.1, 0.15) is 0 Å². The Morgan fingerprint density at radius 3 is 2.79 bits per heavy atom. The predicted octanol–water partition coefficient (Wildman–Crippen LogP) is 3.16. The second-order valence-electron chi connectivity index (χ2n) is 5.14. The first-order chi connectivity index (χ1) is 9.16. The summed E-state index contributed by atoms with van der Waals surface area (Å²) in [5.41, 5.74) is 1.13. The number of hydrogen-bond donors (Lipinski definition) is 2. The van der Waals surface area contributed by atoms with E-state index in [9.17, 15) is 4.79 Å². The number of amides is 1. The molecular formula is C15H21BrN2O. The van der Waals surface area contributed by atoms with Gasteiger partial charge in [-0.1, -0.05) is 40.9 Å². The summed E-state index contributed by atoms with van der Waals surface area (Å²) in [5.74, 6) is 0.123. The smallest absolute Gasteiger partial charge is 0.237 e. The molecule has 4 heteroatoms. The molecule has 1 aliphatic heterocycles. The fourth-order valence-electron chi connectivity index (χ4n) is 2.40. The lowest BCUT2D eigenvalue weighted by Crippen LogP contribution is -2.44. The van der Waals surface area contributed by atoms with Crippen LogP contribution < -0.4 is 10.6 Å². The molecule has 1 fully saturated rings. The Kier molecular flexibility index (Phi) is 5.40. The number of rotatable bonds is 3. The fraction of sp³-hybridized carbons (Fsp3) is 0.533.